The Morgan fingerprint density at radius 3 is 2.27 bits per heavy atom. The molecule has 0 aromatic heterocycles. The summed E-state index contributed by atoms with van der Waals surface area (Å²) in [5, 5.41) is 1.28. The minimum atomic E-state index is -1.60. The van der Waals surface area contributed by atoms with E-state index in [0.29, 0.717) is 0 Å². The smallest absolute Gasteiger partial charge is 0.192 e. The van der Waals surface area contributed by atoms with Gasteiger partial charge < -0.3 is 9.16 Å². The molecule has 0 radical (unpaired) electrons. The first-order chi connectivity index (χ1) is 6.72. The van der Waals surface area contributed by atoms with Crippen molar-refractivity contribution in [1.29, 1.82) is 0 Å². The fraction of sp³-hybridized carbons (Fsp3) is 1.00. The first-order valence-corrected chi connectivity index (χ1v) is 9.59. The molecule has 1 unspecified atom stereocenters. The van der Waals surface area contributed by atoms with Crippen molar-refractivity contribution < 1.29 is 9.16 Å². The lowest BCUT2D eigenvalue weighted by molar-refractivity contribution is 0.173. The van der Waals surface area contributed by atoms with Crippen LogP contribution in [0.15, 0.2) is 0 Å². The maximum absolute atomic E-state index is 6.17. The number of rotatable bonds is 5. The van der Waals surface area contributed by atoms with Gasteiger partial charge in [0.25, 0.3) is 0 Å². The summed E-state index contributed by atoms with van der Waals surface area (Å²) in [4.78, 5) is 0. The van der Waals surface area contributed by atoms with Crippen LogP contribution in [0.5, 0.6) is 0 Å². The van der Waals surface area contributed by atoms with Crippen LogP contribution in [0.25, 0.3) is 0 Å². The quantitative estimate of drug-likeness (QED) is 0.439. The summed E-state index contributed by atoms with van der Waals surface area (Å²) in [6, 6.07) is 0. The largest absolute Gasteiger partial charge is 0.414 e. The zero-order valence-corrected chi connectivity index (χ0v) is 13.1. The summed E-state index contributed by atoms with van der Waals surface area (Å²) in [6.45, 7) is 13.0. The SMILES string of the molecule is CC(C)(C)[Si](C)(C)OCC1(CCBr)CO1. The molecule has 0 saturated carbocycles. The average molecular weight is 295 g/mol. The standard InChI is InChI=1S/C11H23BrO2Si/c1-10(2,3)15(4,5)14-9-11(6-7-12)8-13-11/h6-9H2,1-5H3. The second-order valence-electron chi connectivity index (χ2n) is 5.96. The topological polar surface area (TPSA) is 21.8 Å². The fourth-order valence-electron chi connectivity index (χ4n) is 1.10. The molecule has 1 aliphatic heterocycles. The second-order valence-corrected chi connectivity index (χ2v) is 11.6. The van der Waals surface area contributed by atoms with Crippen molar-refractivity contribution in [3.05, 3.63) is 0 Å². The molecule has 1 saturated heterocycles. The van der Waals surface area contributed by atoms with Crippen molar-refractivity contribution in [2.24, 2.45) is 0 Å². The Bertz CT molecular complexity index is 219. The zero-order valence-electron chi connectivity index (χ0n) is 10.5. The fourth-order valence-corrected chi connectivity index (χ4v) is 2.88. The molecule has 1 fully saturated rings. The van der Waals surface area contributed by atoms with Gasteiger partial charge in [0.2, 0.25) is 0 Å². The maximum Gasteiger partial charge on any atom is 0.192 e. The van der Waals surface area contributed by atoms with Gasteiger partial charge in [0.15, 0.2) is 8.32 Å². The molecule has 90 valence electrons. The number of hydrogen-bond acceptors (Lipinski definition) is 2. The third kappa shape index (κ3) is 3.55. The lowest BCUT2D eigenvalue weighted by Crippen LogP contribution is -2.43. The Kier molecular flexibility index (Phi) is 4.08. The van der Waals surface area contributed by atoms with Crippen molar-refractivity contribution in [1.82, 2.24) is 0 Å². The van der Waals surface area contributed by atoms with Crippen LogP contribution in [0.1, 0.15) is 27.2 Å². The molecule has 0 bridgehead atoms. The molecule has 15 heavy (non-hydrogen) atoms. The Morgan fingerprint density at radius 1 is 1.40 bits per heavy atom. The van der Waals surface area contributed by atoms with Crippen LogP contribution in [0, 0.1) is 0 Å². The van der Waals surface area contributed by atoms with Gasteiger partial charge in [0, 0.05) is 5.33 Å². The van der Waals surface area contributed by atoms with E-state index < -0.39 is 8.32 Å². The highest BCUT2D eigenvalue weighted by molar-refractivity contribution is 9.09. The zero-order chi connectivity index (χ0) is 11.7. The molecule has 0 aromatic carbocycles. The Balaban J connectivity index is 2.43. The van der Waals surface area contributed by atoms with E-state index in [1.807, 2.05) is 0 Å². The van der Waals surface area contributed by atoms with E-state index in [-0.39, 0.29) is 10.6 Å². The second kappa shape index (κ2) is 4.47. The van der Waals surface area contributed by atoms with Crippen molar-refractivity contribution in [3.8, 4) is 0 Å². The highest BCUT2D eigenvalue weighted by atomic mass is 79.9. The van der Waals surface area contributed by atoms with Crippen molar-refractivity contribution >= 4 is 24.2 Å². The van der Waals surface area contributed by atoms with Gasteiger partial charge >= 0.3 is 0 Å². The lowest BCUT2D eigenvalue weighted by Gasteiger charge is -2.36. The third-order valence-corrected chi connectivity index (χ3v) is 8.48. The van der Waals surface area contributed by atoms with Crippen LogP contribution in [0.4, 0.5) is 0 Å². The molecule has 4 heteroatoms. The summed E-state index contributed by atoms with van der Waals surface area (Å²) < 4.78 is 11.7. The molecule has 0 N–H and O–H groups in total. The Labute approximate surface area is 103 Å². The van der Waals surface area contributed by atoms with Gasteiger partial charge in [-0.25, -0.2) is 0 Å². The van der Waals surface area contributed by atoms with E-state index >= 15 is 0 Å². The molecular weight excluding hydrogens is 272 g/mol. The van der Waals surface area contributed by atoms with Crippen LogP contribution in [0.2, 0.25) is 18.1 Å². The minimum absolute atomic E-state index is 0.0407. The van der Waals surface area contributed by atoms with Crippen LogP contribution in [-0.4, -0.2) is 32.5 Å². The predicted molar refractivity (Wildman–Crippen MR) is 70.2 cm³/mol. The molecule has 0 aliphatic carbocycles. The van der Waals surface area contributed by atoms with E-state index in [2.05, 4.69) is 49.8 Å². The highest BCUT2D eigenvalue weighted by Gasteiger charge is 2.47. The first-order valence-electron chi connectivity index (χ1n) is 5.56. The summed E-state index contributed by atoms with van der Waals surface area (Å²) in [6.07, 6.45) is 1.06. The number of hydrogen-bond donors (Lipinski definition) is 0. The first kappa shape index (κ1) is 13.7. The molecule has 2 nitrogen and oxygen atoms in total. The Morgan fingerprint density at radius 2 is 1.93 bits per heavy atom. The third-order valence-electron chi connectivity index (χ3n) is 3.60. The Hall–Kier alpha value is 0.617. The molecule has 0 aromatic rings. The summed E-state index contributed by atoms with van der Waals surface area (Å²) >= 11 is 3.46. The van der Waals surface area contributed by atoms with Crippen LogP contribution < -0.4 is 0 Å². The van der Waals surface area contributed by atoms with Gasteiger partial charge in [0.05, 0.1) is 13.2 Å². The molecule has 1 heterocycles. The van der Waals surface area contributed by atoms with E-state index in [1.54, 1.807) is 0 Å². The number of halogens is 1. The number of alkyl halides is 1. The minimum Gasteiger partial charge on any atom is -0.414 e. The molecule has 1 atom stereocenters. The van der Waals surface area contributed by atoms with Crippen molar-refractivity contribution in [3.63, 3.8) is 0 Å². The van der Waals surface area contributed by atoms with Gasteiger partial charge in [-0.3, -0.25) is 0 Å². The molecule has 0 amide bonds. The van der Waals surface area contributed by atoms with Gasteiger partial charge in [-0.2, -0.15) is 0 Å². The van der Waals surface area contributed by atoms with Crippen LogP contribution in [-0.2, 0) is 9.16 Å². The summed E-state index contributed by atoms with van der Waals surface area (Å²) in [7, 11) is -1.60. The molecule has 1 aliphatic rings. The van der Waals surface area contributed by atoms with Crippen molar-refractivity contribution in [2.75, 3.05) is 18.5 Å². The monoisotopic (exact) mass is 294 g/mol. The average Bonchev–Trinajstić information content (AvgIpc) is 2.81. The highest BCUT2D eigenvalue weighted by Crippen LogP contribution is 2.39. The van der Waals surface area contributed by atoms with Crippen LogP contribution in [0.3, 0.4) is 0 Å². The van der Waals surface area contributed by atoms with Crippen LogP contribution >= 0.6 is 15.9 Å². The molecule has 0 spiro atoms. The van der Waals surface area contributed by atoms with Gasteiger partial charge in [-0.1, -0.05) is 36.7 Å². The number of ether oxygens (including phenoxy) is 1. The van der Waals surface area contributed by atoms with Crippen molar-refractivity contribution in [2.45, 2.75) is 50.9 Å². The summed E-state index contributed by atoms with van der Waals surface area (Å²) in [5.41, 5.74) is 0.0407. The van der Waals surface area contributed by atoms with E-state index in [4.69, 9.17) is 9.16 Å². The maximum atomic E-state index is 6.17. The van der Waals surface area contributed by atoms with Gasteiger partial charge in [-0.15, -0.1) is 0 Å². The van der Waals surface area contributed by atoms with Gasteiger partial charge in [-0.05, 0) is 24.6 Å². The molecule has 1 rings (SSSR count). The normalized spacial score (nSPS) is 26.8. The molecular formula is C11H23BrO2Si. The summed E-state index contributed by atoms with van der Waals surface area (Å²) in [5.74, 6) is 0. The lowest BCUT2D eigenvalue weighted by atomic mass is 10.1. The van der Waals surface area contributed by atoms with E-state index in [1.165, 1.54) is 0 Å². The predicted octanol–water partition coefficient (Wildman–Crippen LogP) is 3.56. The van der Waals surface area contributed by atoms with E-state index in [0.717, 1.165) is 25.0 Å². The van der Waals surface area contributed by atoms with Gasteiger partial charge in [0.1, 0.15) is 5.60 Å². The van der Waals surface area contributed by atoms with E-state index in [9.17, 15) is 0 Å². The number of epoxide rings is 1.